The van der Waals surface area contributed by atoms with Gasteiger partial charge in [-0.3, -0.25) is 4.90 Å². The van der Waals surface area contributed by atoms with Crippen LogP contribution in [0.5, 0.6) is 0 Å². The molecule has 4 heteroatoms. The van der Waals surface area contributed by atoms with Gasteiger partial charge in [0.2, 0.25) is 0 Å². The molecule has 0 rings (SSSR count). The summed E-state index contributed by atoms with van der Waals surface area (Å²) in [4.78, 5) is 2.35. The van der Waals surface area contributed by atoms with E-state index in [0.717, 1.165) is 58.9 Å². The molecule has 0 saturated carbocycles. The maximum Gasteiger partial charge on any atom is 0.0593 e. The fraction of sp³-hybridized carbons (Fsp3) is 1.00. The summed E-state index contributed by atoms with van der Waals surface area (Å²) in [5.41, 5.74) is 6.20. The summed E-state index contributed by atoms with van der Waals surface area (Å²) in [7, 11) is 0. The fourth-order valence-electron chi connectivity index (χ4n) is 2.11. The highest BCUT2D eigenvalue weighted by atomic mass is 16.5. The summed E-state index contributed by atoms with van der Waals surface area (Å²) in [5, 5.41) is 0. The lowest BCUT2D eigenvalue weighted by atomic mass is 9.97. The average Bonchev–Trinajstić information content (AvgIpc) is 2.28. The third-order valence-electron chi connectivity index (χ3n) is 2.92. The number of nitrogens with zero attached hydrogens (tertiary/aromatic N) is 1. The van der Waals surface area contributed by atoms with Crippen molar-refractivity contribution in [2.75, 3.05) is 46.1 Å². The Morgan fingerprint density at radius 1 is 1.00 bits per heavy atom. The van der Waals surface area contributed by atoms with Gasteiger partial charge in [0.25, 0.3) is 0 Å². The van der Waals surface area contributed by atoms with Crippen molar-refractivity contribution in [3.8, 4) is 0 Å². The van der Waals surface area contributed by atoms with Crippen molar-refractivity contribution in [2.24, 2.45) is 5.73 Å². The van der Waals surface area contributed by atoms with Crippen LogP contribution >= 0.6 is 0 Å². The number of nitrogens with two attached hydrogens (primary N) is 1. The van der Waals surface area contributed by atoms with Crippen LogP contribution in [0, 0.1) is 0 Å². The molecule has 4 nitrogen and oxygen atoms in total. The van der Waals surface area contributed by atoms with Crippen molar-refractivity contribution < 1.29 is 9.47 Å². The molecule has 0 heterocycles. The molecule has 0 aliphatic carbocycles. The Labute approximate surface area is 113 Å². The first kappa shape index (κ1) is 17.8. The molecule has 110 valence electrons. The topological polar surface area (TPSA) is 47.7 Å². The van der Waals surface area contributed by atoms with Gasteiger partial charge in [-0.05, 0) is 27.2 Å². The summed E-state index contributed by atoms with van der Waals surface area (Å²) in [6.45, 7) is 14.2. The Morgan fingerprint density at radius 2 is 1.50 bits per heavy atom. The van der Waals surface area contributed by atoms with Crippen LogP contribution in [0.2, 0.25) is 0 Å². The molecule has 1 atom stereocenters. The maximum atomic E-state index is 6.31. The quantitative estimate of drug-likeness (QED) is 0.544. The van der Waals surface area contributed by atoms with Gasteiger partial charge in [0.1, 0.15) is 0 Å². The first-order valence-corrected chi connectivity index (χ1v) is 7.22. The molecule has 2 N–H and O–H groups in total. The molecule has 0 amide bonds. The monoisotopic (exact) mass is 260 g/mol. The van der Waals surface area contributed by atoms with E-state index in [-0.39, 0.29) is 5.54 Å². The van der Waals surface area contributed by atoms with Gasteiger partial charge >= 0.3 is 0 Å². The van der Waals surface area contributed by atoms with E-state index >= 15 is 0 Å². The molecule has 0 aromatic carbocycles. The molecule has 0 spiro atoms. The summed E-state index contributed by atoms with van der Waals surface area (Å²) in [5.74, 6) is 0. The number of ether oxygens (including phenoxy) is 2. The van der Waals surface area contributed by atoms with Gasteiger partial charge in [-0.15, -0.1) is 0 Å². The number of hydrogen-bond donors (Lipinski definition) is 1. The Morgan fingerprint density at radius 3 is 1.89 bits per heavy atom. The van der Waals surface area contributed by atoms with Crippen molar-refractivity contribution in [3.05, 3.63) is 0 Å². The predicted octanol–water partition coefficient (Wildman–Crippen LogP) is 1.88. The van der Waals surface area contributed by atoms with Gasteiger partial charge in [0.15, 0.2) is 0 Å². The smallest absolute Gasteiger partial charge is 0.0593 e. The normalized spacial score (nSPS) is 15.0. The molecule has 0 fully saturated rings. The van der Waals surface area contributed by atoms with Crippen LogP contribution in [-0.2, 0) is 9.47 Å². The average molecular weight is 260 g/mol. The SMILES string of the molecule is CCCC(C)(N)CN(CCOCC)CCOCC. The largest absolute Gasteiger partial charge is 0.380 e. The predicted molar refractivity (Wildman–Crippen MR) is 76.9 cm³/mol. The highest BCUT2D eigenvalue weighted by molar-refractivity contribution is 4.82. The van der Waals surface area contributed by atoms with Gasteiger partial charge in [0, 0.05) is 38.4 Å². The van der Waals surface area contributed by atoms with Crippen LogP contribution in [0.25, 0.3) is 0 Å². The van der Waals surface area contributed by atoms with Crippen molar-refractivity contribution in [1.29, 1.82) is 0 Å². The van der Waals surface area contributed by atoms with E-state index in [1.807, 2.05) is 13.8 Å². The fourth-order valence-corrected chi connectivity index (χ4v) is 2.11. The van der Waals surface area contributed by atoms with Crippen molar-refractivity contribution in [1.82, 2.24) is 4.90 Å². The van der Waals surface area contributed by atoms with Crippen LogP contribution in [-0.4, -0.2) is 56.5 Å². The van der Waals surface area contributed by atoms with E-state index in [0.29, 0.717) is 0 Å². The van der Waals surface area contributed by atoms with Crippen LogP contribution in [0.1, 0.15) is 40.5 Å². The van der Waals surface area contributed by atoms with Gasteiger partial charge in [-0.1, -0.05) is 13.3 Å². The first-order valence-electron chi connectivity index (χ1n) is 7.22. The summed E-state index contributed by atoms with van der Waals surface area (Å²) in [6.07, 6.45) is 2.17. The second-order valence-corrected chi connectivity index (χ2v) is 5.07. The minimum Gasteiger partial charge on any atom is -0.380 e. The lowest BCUT2D eigenvalue weighted by molar-refractivity contribution is 0.0727. The van der Waals surface area contributed by atoms with E-state index < -0.39 is 0 Å². The summed E-state index contributed by atoms with van der Waals surface area (Å²) in [6, 6.07) is 0. The van der Waals surface area contributed by atoms with Gasteiger partial charge in [0.05, 0.1) is 13.2 Å². The second-order valence-electron chi connectivity index (χ2n) is 5.07. The van der Waals surface area contributed by atoms with Crippen molar-refractivity contribution in [2.45, 2.75) is 46.1 Å². The standard InChI is InChI=1S/C14H32N2O2/c1-5-8-14(4,15)13-16(9-11-17-6-2)10-12-18-7-3/h5-13,15H2,1-4H3. The third kappa shape index (κ3) is 9.83. The summed E-state index contributed by atoms with van der Waals surface area (Å²) >= 11 is 0. The van der Waals surface area contributed by atoms with E-state index in [4.69, 9.17) is 15.2 Å². The highest BCUT2D eigenvalue weighted by Crippen LogP contribution is 2.10. The molecule has 0 aromatic heterocycles. The van der Waals surface area contributed by atoms with Crippen LogP contribution < -0.4 is 5.73 Å². The molecular formula is C14H32N2O2. The third-order valence-corrected chi connectivity index (χ3v) is 2.92. The van der Waals surface area contributed by atoms with E-state index in [1.54, 1.807) is 0 Å². The molecule has 0 radical (unpaired) electrons. The molecule has 0 aromatic rings. The van der Waals surface area contributed by atoms with Crippen LogP contribution in [0.15, 0.2) is 0 Å². The highest BCUT2D eigenvalue weighted by Gasteiger charge is 2.21. The van der Waals surface area contributed by atoms with Gasteiger partial charge in [-0.25, -0.2) is 0 Å². The van der Waals surface area contributed by atoms with E-state index in [9.17, 15) is 0 Å². The van der Waals surface area contributed by atoms with Crippen molar-refractivity contribution in [3.63, 3.8) is 0 Å². The Hall–Kier alpha value is -0.160. The zero-order valence-corrected chi connectivity index (χ0v) is 12.7. The summed E-state index contributed by atoms with van der Waals surface area (Å²) < 4.78 is 10.8. The number of hydrogen-bond acceptors (Lipinski definition) is 4. The van der Waals surface area contributed by atoms with Gasteiger partial charge in [-0.2, -0.15) is 0 Å². The second kappa shape index (κ2) is 10.7. The Bertz CT molecular complexity index is 177. The van der Waals surface area contributed by atoms with Gasteiger partial charge < -0.3 is 15.2 Å². The Balaban J connectivity index is 4.08. The van der Waals surface area contributed by atoms with Crippen molar-refractivity contribution >= 4 is 0 Å². The lowest BCUT2D eigenvalue weighted by Crippen LogP contribution is -2.49. The van der Waals surface area contributed by atoms with E-state index in [1.165, 1.54) is 0 Å². The minimum absolute atomic E-state index is 0.118. The zero-order chi connectivity index (χ0) is 13.9. The molecule has 0 saturated heterocycles. The molecule has 0 aliphatic heterocycles. The van der Waals surface area contributed by atoms with Crippen LogP contribution in [0.3, 0.4) is 0 Å². The van der Waals surface area contributed by atoms with E-state index in [2.05, 4.69) is 18.7 Å². The molecule has 0 bridgehead atoms. The molecule has 1 unspecified atom stereocenters. The lowest BCUT2D eigenvalue weighted by Gasteiger charge is -2.32. The Kier molecular flexibility index (Phi) is 10.6. The van der Waals surface area contributed by atoms with Crippen LogP contribution in [0.4, 0.5) is 0 Å². The molecule has 18 heavy (non-hydrogen) atoms. The zero-order valence-electron chi connectivity index (χ0n) is 12.7. The molecule has 0 aliphatic rings. The first-order chi connectivity index (χ1) is 8.55. The minimum atomic E-state index is -0.118. The maximum absolute atomic E-state index is 6.31. The number of rotatable bonds is 12. The molecular weight excluding hydrogens is 228 g/mol.